The van der Waals surface area contributed by atoms with E-state index in [0.717, 1.165) is 30.3 Å². The molecule has 4 nitrogen and oxygen atoms in total. The molecule has 1 unspecified atom stereocenters. The second kappa shape index (κ2) is 6.22. The van der Waals surface area contributed by atoms with Crippen molar-refractivity contribution in [1.82, 2.24) is 15.2 Å². The van der Waals surface area contributed by atoms with Crippen LogP contribution in [-0.2, 0) is 0 Å². The van der Waals surface area contributed by atoms with Gasteiger partial charge in [0.15, 0.2) is 0 Å². The first-order valence-corrected chi connectivity index (χ1v) is 7.58. The summed E-state index contributed by atoms with van der Waals surface area (Å²) in [7, 11) is 1.86. The van der Waals surface area contributed by atoms with Crippen LogP contribution in [0.15, 0.2) is 36.5 Å². The predicted molar refractivity (Wildman–Crippen MR) is 84.3 cm³/mol. The molecule has 0 saturated carbocycles. The molecule has 0 bridgehead atoms. The van der Waals surface area contributed by atoms with Gasteiger partial charge in [-0.05, 0) is 30.8 Å². The fourth-order valence-electron chi connectivity index (χ4n) is 2.96. The molecule has 0 spiro atoms. The number of hydrogen-bond acceptors (Lipinski definition) is 3. The number of carbonyl (C=O) groups excluding carboxylic acids is 1. The number of fused-ring (bicyclic) bond motifs is 1. The van der Waals surface area contributed by atoms with Crippen molar-refractivity contribution < 1.29 is 4.79 Å². The summed E-state index contributed by atoms with van der Waals surface area (Å²) in [6.45, 7) is 1.79. The highest BCUT2D eigenvalue weighted by Crippen LogP contribution is 2.18. The second-order valence-electron chi connectivity index (χ2n) is 5.71. The Bertz CT molecular complexity index is 629. The third-order valence-corrected chi connectivity index (χ3v) is 4.13. The Kier molecular flexibility index (Phi) is 4.15. The Hall–Kier alpha value is -1.94. The summed E-state index contributed by atoms with van der Waals surface area (Å²) in [4.78, 5) is 18.8. The fourth-order valence-corrected chi connectivity index (χ4v) is 2.96. The fraction of sp³-hybridized carbons (Fsp3) is 0.412. The number of likely N-dealkylation sites (N-methyl/N-ethyl adjacent to an activating group) is 1. The summed E-state index contributed by atoms with van der Waals surface area (Å²) in [6.07, 6.45) is 5.33. The number of nitrogens with one attached hydrogen (secondary N) is 1. The first kappa shape index (κ1) is 14.0. The number of hydrogen-bond donors (Lipinski definition) is 1. The van der Waals surface area contributed by atoms with Crippen LogP contribution in [0.3, 0.4) is 0 Å². The summed E-state index contributed by atoms with van der Waals surface area (Å²) < 4.78 is 0. The van der Waals surface area contributed by atoms with E-state index in [1.165, 1.54) is 12.8 Å². The summed E-state index contributed by atoms with van der Waals surface area (Å²) in [6, 6.07) is 10.2. The summed E-state index contributed by atoms with van der Waals surface area (Å²) in [5, 5.41) is 5.46. The first-order valence-electron chi connectivity index (χ1n) is 7.58. The summed E-state index contributed by atoms with van der Waals surface area (Å²) in [5.74, 6) is -0.000765. The van der Waals surface area contributed by atoms with Gasteiger partial charge < -0.3 is 10.2 Å². The lowest BCUT2D eigenvalue weighted by atomic mass is 10.0. The van der Waals surface area contributed by atoms with Gasteiger partial charge in [0, 0.05) is 31.2 Å². The average molecular weight is 283 g/mol. The molecule has 1 saturated heterocycles. The van der Waals surface area contributed by atoms with Gasteiger partial charge in [-0.2, -0.15) is 0 Å². The topological polar surface area (TPSA) is 45.2 Å². The highest BCUT2D eigenvalue weighted by atomic mass is 16.2. The minimum absolute atomic E-state index is 0.000765. The number of nitrogens with zero attached hydrogens (tertiary/aromatic N) is 2. The maximum atomic E-state index is 12.7. The molecule has 1 aromatic carbocycles. The molecule has 110 valence electrons. The van der Waals surface area contributed by atoms with Crippen LogP contribution in [0.5, 0.6) is 0 Å². The van der Waals surface area contributed by atoms with Gasteiger partial charge in [-0.3, -0.25) is 9.78 Å². The van der Waals surface area contributed by atoms with Gasteiger partial charge in [-0.15, -0.1) is 0 Å². The largest absolute Gasteiger partial charge is 0.339 e. The summed E-state index contributed by atoms with van der Waals surface area (Å²) >= 11 is 0. The molecule has 0 radical (unpaired) electrons. The molecule has 1 atom stereocenters. The van der Waals surface area contributed by atoms with E-state index in [2.05, 4.69) is 10.3 Å². The Labute approximate surface area is 125 Å². The van der Waals surface area contributed by atoms with Gasteiger partial charge in [-0.25, -0.2) is 0 Å². The predicted octanol–water partition coefficient (Wildman–Crippen LogP) is 2.45. The normalized spacial score (nSPS) is 18.6. The van der Waals surface area contributed by atoms with Crippen molar-refractivity contribution in [2.24, 2.45) is 0 Å². The quantitative estimate of drug-likeness (QED) is 0.941. The molecule has 3 rings (SSSR count). The molecule has 1 aliphatic heterocycles. The third kappa shape index (κ3) is 3.05. The lowest BCUT2D eigenvalue weighted by Gasteiger charge is -2.28. The van der Waals surface area contributed by atoms with Crippen molar-refractivity contribution in [3.63, 3.8) is 0 Å². The van der Waals surface area contributed by atoms with E-state index in [-0.39, 0.29) is 5.91 Å². The Balaban J connectivity index is 1.79. The van der Waals surface area contributed by atoms with E-state index < -0.39 is 0 Å². The highest BCUT2D eigenvalue weighted by Gasteiger charge is 2.20. The average Bonchev–Trinajstić information content (AvgIpc) is 2.54. The lowest BCUT2D eigenvalue weighted by Crippen LogP contribution is -2.44. The monoisotopic (exact) mass is 283 g/mol. The molecule has 1 aliphatic rings. The van der Waals surface area contributed by atoms with Gasteiger partial charge in [-0.1, -0.05) is 30.7 Å². The molecule has 1 fully saturated rings. The maximum Gasteiger partial charge on any atom is 0.272 e. The third-order valence-electron chi connectivity index (χ3n) is 4.13. The molecule has 1 amide bonds. The van der Waals surface area contributed by atoms with Crippen molar-refractivity contribution in [3.05, 3.63) is 42.2 Å². The van der Waals surface area contributed by atoms with E-state index in [9.17, 15) is 4.79 Å². The first-order chi connectivity index (χ1) is 10.3. The number of aromatic nitrogens is 1. The van der Waals surface area contributed by atoms with Crippen molar-refractivity contribution in [1.29, 1.82) is 0 Å². The number of piperidine rings is 1. The molecule has 21 heavy (non-hydrogen) atoms. The molecule has 2 heterocycles. The van der Waals surface area contributed by atoms with Crippen LogP contribution in [-0.4, -0.2) is 42.0 Å². The minimum Gasteiger partial charge on any atom is -0.339 e. The number of amides is 1. The van der Waals surface area contributed by atoms with Crippen molar-refractivity contribution in [3.8, 4) is 0 Å². The van der Waals surface area contributed by atoms with Crippen LogP contribution in [0, 0.1) is 0 Å². The number of carbonyl (C=O) groups is 1. The van der Waals surface area contributed by atoms with E-state index in [0.29, 0.717) is 11.7 Å². The van der Waals surface area contributed by atoms with Crippen LogP contribution in [0.4, 0.5) is 0 Å². The summed E-state index contributed by atoms with van der Waals surface area (Å²) in [5.41, 5.74) is 0.548. The zero-order chi connectivity index (χ0) is 14.7. The van der Waals surface area contributed by atoms with E-state index in [4.69, 9.17) is 0 Å². The molecule has 4 heteroatoms. The van der Waals surface area contributed by atoms with Gasteiger partial charge in [0.25, 0.3) is 5.91 Å². The number of pyridine rings is 1. The maximum absolute atomic E-state index is 12.7. The van der Waals surface area contributed by atoms with E-state index >= 15 is 0 Å². The van der Waals surface area contributed by atoms with Crippen LogP contribution in [0.25, 0.3) is 10.8 Å². The molecule has 1 aromatic heterocycles. The number of benzene rings is 1. The molecule has 0 aliphatic carbocycles. The number of rotatable bonds is 3. The standard InChI is InChI=1S/C17H21N3O/c1-20(12-14-7-4-5-10-18-14)17(21)16-15-8-3-2-6-13(15)9-11-19-16/h2-3,6,8-9,11,14,18H,4-5,7,10,12H2,1H3. The van der Waals surface area contributed by atoms with Gasteiger partial charge in [0.2, 0.25) is 0 Å². The van der Waals surface area contributed by atoms with Crippen LogP contribution in [0.1, 0.15) is 29.8 Å². The van der Waals surface area contributed by atoms with Crippen LogP contribution >= 0.6 is 0 Å². The smallest absolute Gasteiger partial charge is 0.272 e. The van der Waals surface area contributed by atoms with Crippen molar-refractivity contribution in [2.75, 3.05) is 20.1 Å². The molecular formula is C17H21N3O. The second-order valence-corrected chi connectivity index (χ2v) is 5.71. The Morgan fingerprint density at radius 1 is 1.33 bits per heavy atom. The zero-order valence-corrected chi connectivity index (χ0v) is 12.4. The highest BCUT2D eigenvalue weighted by molar-refractivity contribution is 6.05. The SMILES string of the molecule is CN(CC1CCCCN1)C(=O)c1nccc2ccccc12. The molecular weight excluding hydrogens is 262 g/mol. The minimum atomic E-state index is -0.000765. The molecule has 1 N–H and O–H groups in total. The van der Waals surface area contributed by atoms with E-state index in [1.54, 1.807) is 11.1 Å². The van der Waals surface area contributed by atoms with Gasteiger partial charge >= 0.3 is 0 Å². The Morgan fingerprint density at radius 2 is 2.19 bits per heavy atom. The zero-order valence-electron chi connectivity index (χ0n) is 12.4. The molecule has 2 aromatic rings. The lowest BCUT2D eigenvalue weighted by molar-refractivity contribution is 0.0772. The van der Waals surface area contributed by atoms with Crippen LogP contribution < -0.4 is 5.32 Å². The van der Waals surface area contributed by atoms with Crippen LogP contribution in [0.2, 0.25) is 0 Å². The van der Waals surface area contributed by atoms with Gasteiger partial charge in [0.05, 0.1) is 0 Å². The van der Waals surface area contributed by atoms with Crippen molar-refractivity contribution >= 4 is 16.7 Å². The van der Waals surface area contributed by atoms with Gasteiger partial charge in [0.1, 0.15) is 5.69 Å². The van der Waals surface area contributed by atoms with Crippen molar-refractivity contribution in [2.45, 2.75) is 25.3 Å². The Morgan fingerprint density at radius 3 is 3.00 bits per heavy atom. The van der Waals surface area contributed by atoms with E-state index in [1.807, 2.05) is 37.4 Å².